The Hall–Kier alpha value is -1.10. The van der Waals surface area contributed by atoms with E-state index in [4.69, 9.17) is 9.84 Å². The molecule has 5 heteroatoms. The molecule has 2 N–H and O–H groups in total. The second kappa shape index (κ2) is 4.88. The van der Waals surface area contributed by atoms with E-state index >= 15 is 0 Å². The summed E-state index contributed by atoms with van der Waals surface area (Å²) in [4.78, 5) is 22.7. The molecule has 0 bridgehead atoms. The number of rotatable bonds is 3. The minimum atomic E-state index is -0.979. The first-order chi connectivity index (χ1) is 8.37. The van der Waals surface area contributed by atoms with E-state index in [1.807, 2.05) is 0 Å². The Kier molecular flexibility index (Phi) is 3.61. The van der Waals surface area contributed by atoms with E-state index in [0.717, 1.165) is 19.3 Å². The molecule has 0 aromatic heterocycles. The van der Waals surface area contributed by atoms with Gasteiger partial charge in [-0.3, -0.25) is 4.79 Å². The number of amides is 1. The summed E-state index contributed by atoms with van der Waals surface area (Å²) in [6.45, 7) is 4.40. The first-order valence-electron chi connectivity index (χ1n) is 6.56. The molecule has 0 spiro atoms. The Balaban J connectivity index is 1.81. The normalized spacial score (nSPS) is 34.4. The van der Waals surface area contributed by atoms with Crippen LogP contribution in [0.4, 0.5) is 0 Å². The van der Waals surface area contributed by atoms with Gasteiger partial charge in [-0.2, -0.15) is 0 Å². The minimum absolute atomic E-state index is 0.151. The zero-order valence-corrected chi connectivity index (χ0v) is 10.9. The second-order valence-corrected chi connectivity index (χ2v) is 6.14. The number of carboxylic acid groups (broad SMARTS) is 1. The van der Waals surface area contributed by atoms with E-state index in [1.54, 1.807) is 0 Å². The van der Waals surface area contributed by atoms with Gasteiger partial charge in [0.25, 0.3) is 0 Å². The Morgan fingerprint density at radius 1 is 1.22 bits per heavy atom. The molecule has 1 saturated carbocycles. The molecule has 18 heavy (non-hydrogen) atoms. The van der Waals surface area contributed by atoms with Gasteiger partial charge in [-0.15, -0.1) is 0 Å². The van der Waals surface area contributed by atoms with Crippen molar-refractivity contribution in [1.29, 1.82) is 0 Å². The lowest BCUT2D eigenvalue weighted by Gasteiger charge is -2.19. The third-order valence-corrected chi connectivity index (χ3v) is 3.90. The molecule has 2 aliphatic rings. The van der Waals surface area contributed by atoms with Crippen LogP contribution >= 0.6 is 0 Å². The second-order valence-electron chi connectivity index (χ2n) is 6.14. The van der Waals surface area contributed by atoms with E-state index in [-0.39, 0.29) is 17.4 Å². The quantitative estimate of drug-likeness (QED) is 0.797. The van der Waals surface area contributed by atoms with Crippen LogP contribution in [0.5, 0.6) is 0 Å². The van der Waals surface area contributed by atoms with Crippen LogP contribution < -0.4 is 5.32 Å². The summed E-state index contributed by atoms with van der Waals surface area (Å²) in [6.07, 6.45) is 2.60. The van der Waals surface area contributed by atoms with Crippen LogP contribution in [0.2, 0.25) is 0 Å². The average Bonchev–Trinajstić information content (AvgIpc) is 2.85. The highest BCUT2D eigenvalue weighted by atomic mass is 16.5. The molecule has 2 rings (SSSR count). The van der Waals surface area contributed by atoms with Gasteiger partial charge in [0.05, 0.1) is 0 Å². The number of ether oxygens (including phenoxy) is 1. The molecule has 0 radical (unpaired) electrons. The van der Waals surface area contributed by atoms with Gasteiger partial charge in [0, 0.05) is 6.04 Å². The molecule has 1 amide bonds. The van der Waals surface area contributed by atoms with Gasteiger partial charge in [0.15, 0.2) is 6.10 Å². The largest absolute Gasteiger partial charge is 0.479 e. The van der Waals surface area contributed by atoms with Crippen molar-refractivity contribution in [2.45, 2.75) is 64.2 Å². The van der Waals surface area contributed by atoms with E-state index in [1.165, 1.54) is 0 Å². The highest BCUT2D eigenvalue weighted by molar-refractivity contribution is 5.82. The molecule has 0 aromatic carbocycles. The van der Waals surface area contributed by atoms with Crippen LogP contribution in [0.25, 0.3) is 0 Å². The van der Waals surface area contributed by atoms with Gasteiger partial charge < -0.3 is 15.2 Å². The molecule has 5 nitrogen and oxygen atoms in total. The monoisotopic (exact) mass is 255 g/mol. The summed E-state index contributed by atoms with van der Waals surface area (Å²) in [5.41, 5.74) is 0.290. The van der Waals surface area contributed by atoms with Crippen molar-refractivity contribution in [3.05, 3.63) is 0 Å². The molecular weight excluding hydrogens is 234 g/mol. The molecule has 3 atom stereocenters. The first-order valence-corrected chi connectivity index (χ1v) is 6.56. The zero-order chi connectivity index (χ0) is 13.3. The SMILES string of the molecule is CC1(C)CCC(NC(=O)[C@@H]2CC[C@H](C(=O)O)O2)C1. The molecule has 102 valence electrons. The number of carbonyl (C=O) groups is 2. The standard InChI is InChI=1S/C13H21NO4/c1-13(2)6-5-8(7-13)14-11(15)9-3-4-10(18-9)12(16)17/h8-10H,3-7H2,1-2H3,(H,14,15)(H,16,17)/t8?,9-,10+/m0/s1. The number of carboxylic acids is 1. The topological polar surface area (TPSA) is 75.6 Å². The van der Waals surface area contributed by atoms with Crippen molar-refractivity contribution in [2.24, 2.45) is 5.41 Å². The number of hydrogen-bond donors (Lipinski definition) is 2. The summed E-state index contributed by atoms with van der Waals surface area (Å²) in [7, 11) is 0. The molecule has 1 aliphatic heterocycles. The zero-order valence-electron chi connectivity index (χ0n) is 10.9. The van der Waals surface area contributed by atoms with Crippen molar-refractivity contribution >= 4 is 11.9 Å². The van der Waals surface area contributed by atoms with Crippen molar-refractivity contribution in [1.82, 2.24) is 5.32 Å². The summed E-state index contributed by atoms with van der Waals surface area (Å²) >= 11 is 0. The van der Waals surface area contributed by atoms with E-state index in [9.17, 15) is 9.59 Å². The van der Waals surface area contributed by atoms with Crippen LogP contribution in [-0.4, -0.2) is 35.2 Å². The third-order valence-electron chi connectivity index (χ3n) is 3.90. The maximum Gasteiger partial charge on any atom is 0.332 e. The average molecular weight is 255 g/mol. The number of nitrogens with one attached hydrogen (secondary N) is 1. The maximum absolute atomic E-state index is 12.0. The van der Waals surface area contributed by atoms with Crippen LogP contribution in [-0.2, 0) is 14.3 Å². The number of hydrogen-bond acceptors (Lipinski definition) is 3. The van der Waals surface area contributed by atoms with Crippen molar-refractivity contribution in [3.8, 4) is 0 Å². The van der Waals surface area contributed by atoms with Crippen LogP contribution in [0.3, 0.4) is 0 Å². The fourth-order valence-electron chi connectivity index (χ4n) is 2.87. The Morgan fingerprint density at radius 3 is 2.39 bits per heavy atom. The molecular formula is C13H21NO4. The molecule has 2 fully saturated rings. The van der Waals surface area contributed by atoms with Gasteiger partial charge in [0.2, 0.25) is 5.91 Å². The highest BCUT2D eigenvalue weighted by Crippen LogP contribution is 2.37. The van der Waals surface area contributed by atoms with E-state index < -0.39 is 18.2 Å². The Bertz CT molecular complexity index is 353. The van der Waals surface area contributed by atoms with Crippen molar-refractivity contribution in [3.63, 3.8) is 0 Å². The molecule has 1 heterocycles. The minimum Gasteiger partial charge on any atom is -0.479 e. The van der Waals surface area contributed by atoms with Gasteiger partial charge in [-0.25, -0.2) is 4.79 Å². The summed E-state index contributed by atoms with van der Waals surface area (Å²) in [6, 6.07) is 0.208. The lowest BCUT2D eigenvalue weighted by Crippen LogP contribution is -2.41. The fourth-order valence-corrected chi connectivity index (χ4v) is 2.87. The van der Waals surface area contributed by atoms with Gasteiger partial charge >= 0.3 is 5.97 Å². The molecule has 0 aromatic rings. The van der Waals surface area contributed by atoms with Crippen molar-refractivity contribution in [2.75, 3.05) is 0 Å². The highest BCUT2D eigenvalue weighted by Gasteiger charge is 2.37. The third kappa shape index (κ3) is 3.02. The molecule has 1 aliphatic carbocycles. The van der Waals surface area contributed by atoms with Crippen molar-refractivity contribution < 1.29 is 19.4 Å². The van der Waals surface area contributed by atoms with Crippen LogP contribution in [0.1, 0.15) is 46.0 Å². The molecule has 1 unspecified atom stereocenters. The number of carbonyl (C=O) groups excluding carboxylic acids is 1. The first kappa shape index (κ1) is 13.3. The van der Waals surface area contributed by atoms with E-state index in [2.05, 4.69) is 19.2 Å². The summed E-state index contributed by atoms with van der Waals surface area (Å²) in [5, 5.41) is 11.8. The van der Waals surface area contributed by atoms with Crippen LogP contribution in [0, 0.1) is 5.41 Å². The Labute approximate surface area is 107 Å². The molecule has 1 saturated heterocycles. The lowest BCUT2D eigenvalue weighted by atomic mass is 9.92. The summed E-state index contributed by atoms with van der Waals surface area (Å²) in [5.74, 6) is -1.13. The van der Waals surface area contributed by atoms with Gasteiger partial charge in [-0.1, -0.05) is 13.8 Å². The Morgan fingerprint density at radius 2 is 1.89 bits per heavy atom. The fraction of sp³-hybridized carbons (Fsp3) is 0.846. The predicted molar refractivity (Wildman–Crippen MR) is 65.1 cm³/mol. The van der Waals surface area contributed by atoms with Gasteiger partial charge in [0.1, 0.15) is 6.10 Å². The van der Waals surface area contributed by atoms with E-state index in [0.29, 0.717) is 12.8 Å². The van der Waals surface area contributed by atoms with Crippen LogP contribution in [0.15, 0.2) is 0 Å². The maximum atomic E-state index is 12.0. The summed E-state index contributed by atoms with van der Waals surface area (Å²) < 4.78 is 5.24. The van der Waals surface area contributed by atoms with Gasteiger partial charge in [-0.05, 0) is 37.5 Å². The lowest BCUT2D eigenvalue weighted by molar-refractivity contribution is -0.151. The predicted octanol–water partition coefficient (Wildman–Crippen LogP) is 1.31. The number of aliphatic carboxylic acids is 1. The smallest absolute Gasteiger partial charge is 0.332 e.